The van der Waals surface area contributed by atoms with E-state index < -0.39 is 0 Å². The molecule has 0 spiro atoms. The summed E-state index contributed by atoms with van der Waals surface area (Å²) in [6.45, 7) is 7.99. The molecule has 0 unspecified atom stereocenters. The zero-order chi connectivity index (χ0) is 15.8. The fourth-order valence-corrected chi connectivity index (χ4v) is 2.21. The van der Waals surface area contributed by atoms with E-state index in [1.807, 2.05) is 13.0 Å². The average molecular weight is 298 g/mol. The highest BCUT2D eigenvalue weighted by Crippen LogP contribution is 2.12. The molecule has 2 N–H and O–H groups in total. The van der Waals surface area contributed by atoms with E-state index in [-0.39, 0.29) is 0 Å². The van der Waals surface area contributed by atoms with Gasteiger partial charge in [0.1, 0.15) is 5.82 Å². The number of hydrogen-bond acceptors (Lipinski definition) is 4. The summed E-state index contributed by atoms with van der Waals surface area (Å²) in [6.07, 6.45) is 3.61. The summed E-state index contributed by atoms with van der Waals surface area (Å²) in [7, 11) is 0. The van der Waals surface area contributed by atoms with Gasteiger partial charge in [-0.3, -0.25) is 0 Å². The first-order valence-electron chi connectivity index (χ1n) is 8.06. The number of nitrogens with one attached hydrogen (secondary N) is 2. The Morgan fingerprint density at radius 2 is 1.73 bits per heavy atom. The summed E-state index contributed by atoms with van der Waals surface area (Å²) in [5, 5.41) is 6.68. The van der Waals surface area contributed by atoms with Crippen molar-refractivity contribution in [1.82, 2.24) is 9.97 Å². The highest BCUT2D eigenvalue weighted by atomic mass is 15.1. The first-order valence-corrected chi connectivity index (χ1v) is 8.06. The second-order valence-corrected chi connectivity index (χ2v) is 5.69. The fraction of sp³-hybridized carbons (Fsp3) is 0.444. The molecule has 118 valence electrons. The summed E-state index contributed by atoms with van der Waals surface area (Å²) >= 11 is 0. The lowest BCUT2D eigenvalue weighted by atomic mass is 10.1. The summed E-state index contributed by atoms with van der Waals surface area (Å²) in [6, 6.07) is 10.5. The van der Waals surface area contributed by atoms with Gasteiger partial charge in [0.05, 0.1) is 0 Å². The van der Waals surface area contributed by atoms with Crippen LogP contribution >= 0.6 is 0 Å². The Morgan fingerprint density at radius 1 is 0.955 bits per heavy atom. The quantitative estimate of drug-likeness (QED) is 0.713. The van der Waals surface area contributed by atoms with Crippen LogP contribution in [0.3, 0.4) is 0 Å². The topological polar surface area (TPSA) is 49.8 Å². The smallest absolute Gasteiger partial charge is 0.224 e. The van der Waals surface area contributed by atoms with Gasteiger partial charge in [0.25, 0.3) is 0 Å². The maximum atomic E-state index is 4.53. The molecule has 0 radical (unpaired) electrons. The van der Waals surface area contributed by atoms with Crippen molar-refractivity contribution < 1.29 is 0 Å². The van der Waals surface area contributed by atoms with Crippen molar-refractivity contribution in [3.05, 3.63) is 47.2 Å². The van der Waals surface area contributed by atoms with Crippen molar-refractivity contribution in [2.75, 3.05) is 17.2 Å². The van der Waals surface area contributed by atoms with Crippen LogP contribution in [0.1, 0.15) is 43.0 Å². The van der Waals surface area contributed by atoms with Crippen LogP contribution < -0.4 is 10.6 Å². The Labute approximate surface area is 133 Å². The highest BCUT2D eigenvalue weighted by molar-refractivity contribution is 5.42. The summed E-state index contributed by atoms with van der Waals surface area (Å²) < 4.78 is 0. The Balaban J connectivity index is 1.92. The molecule has 1 aromatic heterocycles. The lowest BCUT2D eigenvalue weighted by Crippen LogP contribution is -2.09. The van der Waals surface area contributed by atoms with Crippen molar-refractivity contribution in [3.63, 3.8) is 0 Å². The van der Waals surface area contributed by atoms with E-state index in [1.54, 1.807) is 0 Å². The van der Waals surface area contributed by atoms with E-state index >= 15 is 0 Å². The van der Waals surface area contributed by atoms with Crippen molar-refractivity contribution >= 4 is 11.8 Å². The molecular formula is C18H26N4. The first-order chi connectivity index (χ1) is 10.7. The average Bonchev–Trinajstić information content (AvgIpc) is 2.51. The van der Waals surface area contributed by atoms with Gasteiger partial charge in [-0.05, 0) is 25.8 Å². The predicted molar refractivity (Wildman–Crippen MR) is 93.3 cm³/mol. The molecule has 0 aliphatic rings. The lowest BCUT2D eigenvalue weighted by molar-refractivity contribution is 0.740. The van der Waals surface area contributed by atoms with Crippen LogP contribution in [0.15, 0.2) is 30.3 Å². The third-order valence-corrected chi connectivity index (χ3v) is 3.51. The standard InChI is InChI=1S/C18H26N4/c1-4-5-6-11-19-18-21-15(3)12-17(22-18)20-13-16-9-7-14(2)8-10-16/h7-10,12H,4-6,11,13H2,1-3H3,(H2,19,20,21,22). The van der Waals surface area contributed by atoms with Crippen LogP contribution in [0, 0.1) is 13.8 Å². The van der Waals surface area contributed by atoms with Gasteiger partial charge in [0.15, 0.2) is 0 Å². The number of hydrogen-bond donors (Lipinski definition) is 2. The van der Waals surface area contributed by atoms with E-state index in [1.165, 1.54) is 24.0 Å². The van der Waals surface area contributed by atoms with Crippen LogP contribution in [0.5, 0.6) is 0 Å². The van der Waals surface area contributed by atoms with E-state index in [4.69, 9.17) is 0 Å². The molecule has 0 atom stereocenters. The van der Waals surface area contributed by atoms with Crippen molar-refractivity contribution in [3.8, 4) is 0 Å². The maximum absolute atomic E-state index is 4.53. The summed E-state index contributed by atoms with van der Waals surface area (Å²) in [5.74, 6) is 1.58. The molecule has 0 saturated heterocycles. The molecule has 2 aromatic rings. The molecule has 1 aromatic carbocycles. The van der Waals surface area contributed by atoms with E-state index in [0.717, 1.165) is 31.0 Å². The second kappa shape index (κ2) is 8.37. The number of nitrogens with zero attached hydrogens (tertiary/aromatic N) is 2. The molecule has 0 aliphatic heterocycles. The Morgan fingerprint density at radius 3 is 2.45 bits per heavy atom. The Bertz CT molecular complexity index is 578. The lowest BCUT2D eigenvalue weighted by Gasteiger charge is -2.10. The van der Waals surface area contributed by atoms with Gasteiger partial charge >= 0.3 is 0 Å². The number of aromatic nitrogens is 2. The molecular weight excluding hydrogens is 272 g/mol. The van der Waals surface area contributed by atoms with Crippen molar-refractivity contribution in [2.45, 2.75) is 46.6 Å². The number of benzene rings is 1. The van der Waals surface area contributed by atoms with Gasteiger partial charge in [-0.25, -0.2) is 4.98 Å². The monoisotopic (exact) mass is 298 g/mol. The zero-order valence-electron chi connectivity index (χ0n) is 13.8. The maximum Gasteiger partial charge on any atom is 0.224 e. The predicted octanol–water partition coefficient (Wildman–Crippen LogP) is 4.31. The van der Waals surface area contributed by atoms with Crippen LogP contribution in [-0.4, -0.2) is 16.5 Å². The number of anilines is 2. The third kappa shape index (κ3) is 5.35. The van der Waals surface area contributed by atoms with Gasteiger partial charge in [0.2, 0.25) is 5.95 Å². The van der Waals surface area contributed by atoms with E-state index in [2.05, 4.69) is 58.7 Å². The summed E-state index contributed by atoms with van der Waals surface area (Å²) in [4.78, 5) is 8.97. The Kier molecular flexibility index (Phi) is 6.19. The molecule has 0 aliphatic carbocycles. The van der Waals surface area contributed by atoms with E-state index in [9.17, 15) is 0 Å². The van der Waals surface area contributed by atoms with Gasteiger partial charge in [-0.15, -0.1) is 0 Å². The molecule has 0 fully saturated rings. The normalized spacial score (nSPS) is 10.5. The molecule has 22 heavy (non-hydrogen) atoms. The third-order valence-electron chi connectivity index (χ3n) is 3.51. The highest BCUT2D eigenvalue weighted by Gasteiger charge is 2.02. The largest absolute Gasteiger partial charge is 0.366 e. The van der Waals surface area contributed by atoms with Crippen LogP contribution in [0.25, 0.3) is 0 Å². The number of unbranched alkanes of at least 4 members (excludes halogenated alkanes) is 2. The minimum absolute atomic E-state index is 0.711. The number of aryl methyl sites for hydroxylation is 2. The Hall–Kier alpha value is -2.10. The fourth-order valence-electron chi connectivity index (χ4n) is 2.21. The first kappa shape index (κ1) is 16.3. The molecule has 4 heteroatoms. The van der Waals surface area contributed by atoms with Crippen molar-refractivity contribution in [2.24, 2.45) is 0 Å². The minimum Gasteiger partial charge on any atom is -0.366 e. The van der Waals surface area contributed by atoms with Crippen LogP contribution in [0.2, 0.25) is 0 Å². The minimum atomic E-state index is 0.711. The molecule has 1 heterocycles. The zero-order valence-corrected chi connectivity index (χ0v) is 13.8. The molecule has 0 saturated carbocycles. The van der Waals surface area contributed by atoms with Crippen LogP contribution in [-0.2, 0) is 6.54 Å². The van der Waals surface area contributed by atoms with E-state index in [0.29, 0.717) is 5.95 Å². The molecule has 2 rings (SSSR count). The molecule has 0 bridgehead atoms. The summed E-state index contributed by atoms with van der Waals surface area (Å²) in [5.41, 5.74) is 3.50. The van der Waals surface area contributed by atoms with Gasteiger partial charge in [-0.2, -0.15) is 4.98 Å². The van der Waals surface area contributed by atoms with Gasteiger partial charge in [0, 0.05) is 24.8 Å². The SMILES string of the molecule is CCCCCNc1nc(C)cc(NCc2ccc(C)cc2)n1. The van der Waals surface area contributed by atoms with Crippen molar-refractivity contribution in [1.29, 1.82) is 0 Å². The van der Waals surface area contributed by atoms with Gasteiger partial charge in [-0.1, -0.05) is 49.6 Å². The number of rotatable bonds is 8. The van der Waals surface area contributed by atoms with Gasteiger partial charge < -0.3 is 10.6 Å². The molecule has 0 amide bonds. The second-order valence-electron chi connectivity index (χ2n) is 5.69. The molecule has 4 nitrogen and oxygen atoms in total. The van der Waals surface area contributed by atoms with Crippen LogP contribution in [0.4, 0.5) is 11.8 Å².